The van der Waals surface area contributed by atoms with Crippen LogP contribution in [-0.2, 0) is 9.59 Å². The van der Waals surface area contributed by atoms with E-state index in [-0.39, 0.29) is 18.2 Å². The number of halogens is 1. The molecule has 2 amide bonds. The summed E-state index contributed by atoms with van der Waals surface area (Å²) in [6.07, 6.45) is 1.60. The van der Waals surface area contributed by atoms with Crippen LogP contribution in [0.3, 0.4) is 0 Å². The number of benzene rings is 2. The van der Waals surface area contributed by atoms with E-state index in [0.29, 0.717) is 22.9 Å². The fourth-order valence-corrected chi connectivity index (χ4v) is 3.17. The van der Waals surface area contributed by atoms with Crippen molar-refractivity contribution in [2.75, 3.05) is 16.8 Å². The lowest BCUT2D eigenvalue weighted by Crippen LogP contribution is -2.28. The molecule has 136 valence electrons. The van der Waals surface area contributed by atoms with Crippen molar-refractivity contribution in [1.82, 2.24) is 20.2 Å². The summed E-state index contributed by atoms with van der Waals surface area (Å²) in [4.78, 5) is 26.6. The molecule has 0 radical (unpaired) electrons. The highest BCUT2D eigenvalue weighted by Crippen LogP contribution is 2.28. The zero-order valence-electron chi connectivity index (χ0n) is 14.1. The third-order valence-electron chi connectivity index (χ3n) is 4.39. The predicted molar refractivity (Wildman–Crippen MR) is 99.7 cm³/mol. The van der Waals surface area contributed by atoms with Gasteiger partial charge in [0.15, 0.2) is 0 Å². The van der Waals surface area contributed by atoms with Crippen molar-refractivity contribution in [2.45, 2.75) is 6.42 Å². The molecule has 0 saturated carbocycles. The quantitative estimate of drug-likeness (QED) is 0.747. The second kappa shape index (κ2) is 7.16. The number of nitrogens with zero attached hydrogens (tertiary/aromatic N) is 5. The third-order valence-corrected chi connectivity index (χ3v) is 4.71. The minimum Gasteiger partial charge on any atom is -0.324 e. The Kier molecular flexibility index (Phi) is 4.55. The normalized spacial score (nSPS) is 16.6. The van der Waals surface area contributed by atoms with Crippen molar-refractivity contribution in [3.63, 3.8) is 0 Å². The van der Waals surface area contributed by atoms with Gasteiger partial charge in [-0.15, -0.1) is 5.10 Å². The molecule has 1 aliphatic rings. The van der Waals surface area contributed by atoms with Crippen LogP contribution in [-0.4, -0.2) is 38.6 Å². The summed E-state index contributed by atoms with van der Waals surface area (Å²) in [5, 5.41) is 14.2. The molecular weight excluding hydrogens is 368 g/mol. The first-order valence-corrected chi connectivity index (χ1v) is 8.69. The maximum absolute atomic E-state index is 12.7. The van der Waals surface area contributed by atoms with Crippen molar-refractivity contribution in [3.8, 4) is 5.69 Å². The number of rotatable bonds is 4. The molecule has 3 aromatic rings. The van der Waals surface area contributed by atoms with Crippen LogP contribution in [0.2, 0.25) is 5.02 Å². The summed E-state index contributed by atoms with van der Waals surface area (Å²) in [5.41, 5.74) is 1.89. The SMILES string of the molecule is O=C(Nc1cc(-n2cnnn2)ccc1Cl)[C@@H]1CC(=O)N(c2ccccc2)C1. The van der Waals surface area contributed by atoms with Crippen molar-refractivity contribution >= 4 is 34.8 Å². The molecule has 2 heterocycles. The minimum atomic E-state index is -0.453. The van der Waals surface area contributed by atoms with Crippen molar-refractivity contribution < 1.29 is 9.59 Å². The number of carbonyl (C=O) groups is 2. The van der Waals surface area contributed by atoms with E-state index >= 15 is 0 Å². The smallest absolute Gasteiger partial charge is 0.229 e. The van der Waals surface area contributed by atoms with Gasteiger partial charge < -0.3 is 10.2 Å². The van der Waals surface area contributed by atoms with Gasteiger partial charge in [0.1, 0.15) is 6.33 Å². The molecule has 27 heavy (non-hydrogen) atoms. The fourth-order valence-electron chi connectivity index (χ4n) is 3.01. The first-order valence-electron chi connectivity index (χ1n) is 8.31. The van der Waals surface area contributed by atoms with Gasteiger partial charge in [0.25, 0.3) is 0 Å². The van der Waals surface area contributed by atoms with E-state index in [1.807, 2.05) is 30.3 Å². The number of hydrogen-bond acceptors (Lipinski definition) is 5. The molecule has 0 aliphatic carbocycles. The van der Waals surface area contributed by atoms with E-state index in [0.717, 1.165) is 5.69 Å². The highest BCUT2D eigenvalue weighted by atomic mass is 35.5. The molecule has 4 rings (SSSR count). The second-order valence-electron chi connectivity index (χ2n) is 6.15. The summed E-state index contributed by atoms with van der Waals surface area (Å²) >= 11 is 6.21. The lowest BCUT2D eigenvalue weighted by atomic mass is 10.1. The van der Waals surface area contributed by atoms with Gasteiger partial charge in [-0.1, -0.05) is 29.8 Å². The van der Waals surface area contributed by atoms with E-state index in [9.17, 15) is 9.59 Å². The van der Waals surface area contributed by atoms with Gasteiger partial charge >= 0.3 is 0 Å². The Hall–Kier alpha value is -3.26. The molecular formula is C18H15ClN6O2. The molecule has 1 atom stereocenters. The van der Waals surface area contributed by atoms with E-state index < -0.39 is 5.92 Å². The molecule has 1 fully saturated rings. The lowest BCUT2D eigenvalue weighted by molar-refractivity contribution is -0.122. The van der Waals surface area contributed by atoms with Gasteiger partial charge in [-0.25, -0.2) is 4.68 Å². The van der Waals surface area contributed by atoms with E-state index in [2.05, 4.69) is 20.8 Å². The second-order valence-corrected chi connectivity index (χ2v) is 6.56. The molecule has 0 unspecified atom stereocenters. The summed E-state index contributed by atoms with van der Waals surface area (Å²) in [6.45, 7) is 0.332. The number of para-hydroxylation sites is 1. The largest absolute Gasteiger partial charge is 0.324 e. The average Bonchev–Trinajstić information content (AvgIpc) is 3.34. The molecule has 0 spiro atoms. The summed E-state index contributed by atoms with van der Waals surface area (Å²) in [7, 11) is 0. The molecule has 1 aromatic heterocycles. The topological polar surface area (TPSA) is 93.0 Å². The van der Waals surface area contributed by atoms with Crippen LogP contribution in [0.5, 0.6) is 0 Å². The van der Waals surface area contributed by atoms with Crippen LogP contribution in [0.1, 0.15) is 6.42 Å². The monoisotopic (exact) mass is 382 g/mol. The van der Waals surface area contributed by atoms with Gasteiger partial charge in [0.05, 0.1) is 22.3 Å². The summed E-state index contributed by atoms with van der Waals surface area (Å²) in [5.74, 6) is -0.780. The van der Waals surface area contributed by atoms with Crippen LogP contribution in [0.4, 0.5) is 11.4 Å². The Balaban J connectivity index is 1.50. The molecule has 1 aliphatic heterocycles. The molecule has 1 N–H and O–H groups in total. The maximum Gasteiger partial charge on any atom is 0.229 e. The zero-order chi connectivity index (χ0) is 18.8. The fraction of sp³-hybridized carbons (Fsp3) is 0.167. The number of hydrogen-bond donors (Lipinski definition) is 1. The van der Waals surface area contributed by atoms with Crippen molar-refractivity contribution in [3.05, 3.63) is 59.9 Å². The summed E-state index contributed by atoms with van der Waals surface area (Å²) < 4.78 is 1.46. The first-order chi connectivity index (χ1) is 13.1. The number of tetrazole rings is 1. The number of amides is 2. The van der Waals surface area contributed by atoms with Gasteiger partial charge in [0, 0.05) is 18.7 Å². The van der Waals surface area contributed by atoms with Crippen LogP contribution in [0.15, 0.2) is 54.9 Å². The summed E-state index contributed by atoms with van der Waals surface area (Å²) in [6, 6.07) is 14.4. The highest BCUT2D eigenvalue weighted by Gasteiger charge is 2.35. The standard InChI is InChI=1S/C18H15ClN6O2/c19-15-7-6-14(25-11-20-22-23-25)9-16(15)21-18(27)12-8-17(26)24(10-12)13-4-2-1-3-5-13/h1-7,9,11-12H,8,10H2,(H,21,27)/t12-/m1/s1. The molecule has 8 nitrogen and oxygen atoms in total. The Labute approximate surface area is 159 Å². The van der Waals surface area contributed by atoms with Gasteiger partial charge in [-0.2, -0.15) is 0 Å². The zero-order valence-corrected chi connectivity index (χ0v) is 14.9. The molecule has 1 saturated heterocycles. The Morgan fingerprint density at radius 1 is 1.15 bits per heavy atom. The van der Waals surface area contributed by atoms with Crippen LogP contribution >= 0.6 is 11.6 Å². The number of nitrogens with one attached hydrogen (secondary N) is 1. The number of anilines is 2. The van der Waals surface area contributed by atoms with Gasteiger partial charge in [-0.3, -0.25) is 9.59 Å². The van der Waals surface area contributed by atoms with Gasteiger partial charge in [0.2, 0.25) is 11.8 Å². The highest BCUT2D eigenvalue weighted by molar-refractivity contribution is 6.33. The van der Waals surface area contributed by atoms with Crippen LogP contribution < -0.4 is 10.2 Å². The number of aromatic nitrogens is 4. The van der Waals surface area contributed by atoms with Crippen molar-refractivity contribution in [2.24, 2.45) is 5.92 Å². The van der Waals surface area contributed by atoms with E-state index in [1.165, 1.54) is 11.0 Å². The molecule has 2 aromatic carbocycles. The lowest BCUT2D eigenvalue weighted by Gasteiger charge is -2.17. The van der Waals surface area contributed by atoms with E-state index in [4.69, 9.17) is 11.6 Å². The molecule has 0 bridgehead atoms. The minimum absolute atomic E-state index is 0.0742. The average molecular weight is 383 g/mol. The third kappa shape index (κ3) is 3.52. The first kappa shape index (κ1) is 17.2. The van der Waals surface area contributed by atoms with Crippen LogP contribution in [0, 0.1) is 5.92 Å². The van der Waals surface area contributed by atoms with Crippen molar-refractivity contribution in [1.29, 1.82) is 0 Å². The maximum atomic E-state index is 12.7. The number of carbonyl (C=O) groups excluding carboxylic acids is 2. The van der Waals surface area contributed by atoms with Gasteiger partial charge in [-0.05, 0) is 40.8 Å². The molecule has 9 heteroatoms. The van der Waals surface area contributed by atoms with E-state index in [1.54, 1.807) is 23.1 Å². The Bertz CT molecular complexity index is 977. The Morgan fingerprint density at radius 3 is 2.70 bits per heavy atom. The predicted octanol–water partition coefficient (Wildman–Crippen LogP) is 2.31. The van der Waals surface area contributed by atoms with Crippen LogP contribution in [0.25, 0.3) is 5.69 Å². The Morgan fingerprint density at radius 2 is 1.96 bits per heavy atom.